The summed E-state index contributed by atoms with van der Waals surface area (Å²) in [6.45, 7) is 2.17. The van der Waals surface area contributed by atoms with E-state index in [1.165, 1.54) is 24.0 Å². The molecule has 1 aliphatic heterocycles. The van der Waals surface area contributed by atoms with Crippen molar-refractivity contribution in [2.75, 3.05) is 25.1 Å². The maximum Gasteiger partial charge on any atom is 0.338 e. The van der Waals surface area contributed by atoms with Gasteiger partial charge in [0.25, 0.3) is 5.91 Å². The van der Waals surface area contributed by atoms with E-state index in [1.807, 2.05) is 6.07 Å². The Morgan fingerprint density at radius 1 is 1.25 bits per heavy atom. The third kappa shape index (κ3) is 5.86. The Hall–Kier alpha value is -2.46. The van der Waals surface area contributed by atoms with Gasteiger partial charge in [-0.25, -0.2) is 17.9 Å². The lowest BCUT2D eigenvalue weighted by Gasteiger charge is -2.21. The number of para-hydroxylation sites is 1. The number of sulfonamides is 1. The number of anilines is 1. The smallest absolute Gasteiger partial charge is 0.338 e. The molecule has 0 aromatic heterocycles. The molecule has 32 heavy (non-hydrogen) atoms. The molecule has 1 fully saturated rings. The van der Waals surface area contributed by atoms with Crippen molar-refractivity contribution in [2.24, 2.45) is 0 Å². The molecule has 1 heterocycles. The first-order valence-electron chi connectivity index (χ1n) is 10.1. The largest absolute Gasteiger partial charge is 0.449 e. The third-order valence-corrected chi connectivity index (χ3v) is 6.99. The highest BCUT2D eigenvalue weighted by molar-refractivity contribution is 7.89. The number of hydrogen-bond acceptors (Lipinski definition) is 6. The highest BCUT2D eigenvalue weighted by Crippen LogP contribution is 2.24. The summed E-state index contributed by atoms with van der Waals surface area (Å²) in [5.74, 6) is -1.26. The van der Waals surface area contributed by atoms with Gasteiger partial charge in [-0.15, -0.1) is 0 Å². The topological polar surface area (TPSA) is 102 Å². The van der Waals surface area contributed by atoms with Gasteiger partial charge < -0.3 is 14.4 Å². The molecule has 3 rings (SSSR count). The van der Waals surface area contributed by atoms with Crippen LogP contribution in [0.3, 0.4) is 0 Å². The molecule has 1 amide bonds. The molecule has 0 unspecified atom stereocenters. The zero-order valence-corrected chi connectivity index (χ0v) is 19.4. The fraction of sp³-hybridized carbons (Fsp3) is 0.364. The Balaban J connectivity index is 1.69. The van der Waals surface area contributed by atoms with Crippen molar-refractivity contribution in [3.63, 3.8) is 0 Å². The van der Waals surface area contributed by atoms with Crippen molar-refractivity contribution in [3.8, 4) is 0 Å². The third-order valence-electron chi connectivity index (χ3n) is 5.09. The number of carbonyl (C=O) groups excluding carboxylic acids is 2. The van der Waals surface area contributed by atoms with Crippen molar-refractivity contribution in [1.29, 1.82) is 0 Å². The zero-order chi connectivity index (χ0) is 23.3. The van der Waals surface area contributed by atoms with Gasteiger partial charge in [0.2, 0.25) is 10.0 Å². The van der Waals surface area contributed by atoms with E-state index in [0.717, 1.165) is 18.9 Å². The maximum absolute atomic E-state index is 12.7. The Morgan fingerprint density at radius 2 is 1.97 bits per heavy atom. The fourth-order valence-electron chi connectivity index (χ4n) is 3.25. The van der Waals surface area contributed by atoms with Crippen molar-refractivity contribution >= 4 is 39.2 Å². The van der Waals surface area contributed by atoms with E-state index in [1.54, 1.807) is 31.3 Å². The summed E-state index contributed by atoms with van der Waals surface area (Å²) in [4.78, 5) is 26.4. The van der Waals surface area contributed by atoms with E-state index < -0.39 is 28.0 Å². The van der Waals surface area contributed by atoms with E-state index in [4.69, 9.17) is 21.1 Å². The molecule has 0 bridgehead atoms. The first-order valence-corrected chi connectivity index (χ1v) is 12.0. The number of benzene rings is 2. The van der Waals surface area contributed by atoms with Crippen LogP contribution in [0, 0.1) is 0 Å². The minimum absolute atomic E-state index is 0.0330. The Morgan fingerprint density at radius 3 is 2.62 bits per heavy atom. The van der Waals surface area contributed by atoms with Crippen LogP contribution in [0.25, 0.3) is 0 Å². The first-order chi connectivity index (χ1) is 15.2. The Kier molecular flexibility index (Phi) is 7.89. The van der Waals surface area contributed by atoms with Crippen LogP contribution in [-0.4, -0.2) is 52.7 Å². The van der Waals surface area contributed by atoms with Gasteiger partial charge in [-0.3, -0.25) is 4.79 Å². The highest BCUT2D eigenvalue weighted by atomic mass is 35.5. The number of hydrogen-bond donors (Lipinski definition) is 1. The second kappa shape index (κ2) is 10.4. The average molecular weight is 481 g/mol. The Labute approximate surface area is 192 Å². The minimum Gasteiger partial charge on any atom is -0.449 e. The predicted molar refractivity (Wildman–Crippen MR) is 120 cm³/mol. The molecule has 0 aliphatic carbocycles. The molecule has 0 saturated carbocycles. The Bertz CT molecular complexity index is 1070. The van der Waals surface area contributed by atoms with E-state index in [0.29, 0.717) is 12.3 Å². The van der Waals surface area contributed by atoms with Gasteiger partial charge >= 0.3 is 5.97 Å². The highest BCUT2D eigenvalue weighted by Gasteiger charge is 2.26. The molecule has 2 aromatic rings. The number of rotatable bonds is 8. The molecule has 1 N–H and O–H groups in total. The van der Waals surface area contributed by atoms with Gasteiger partial charge in [0.1, 0.15) is 4.90 Å². The predicted octanol–water partition coefficient (Wildman–Crippen LogP) is 3.01. The van der Waals surface area contributed by atoms with E-state index >= 15 is 0 Å². The standard InChI is InChI=1S/C22H25ClN2O6S/c1-15(21(26)25(2)17-7-4-3-5-8-17)31-22(27)16-10-11-19(23)20(13-16)32(28,29)24-14-18-9-6-12-30-18/h3-5,7-8,10-11,13,15,18,24H,6,9,12,14H2,1-2H3/t15-,18-/m0/s1. The SMILES string of the molecule is C[C@H](OC(=O)c1ccc(Cl)c(S(=O)(=O)NC[C@@H]2CCCO2)c1)C(=O)N(C)c1ccccc1. The molecule has 172 valence electrons. The van der Waals surface area contributed by atoms with Gasteiger partial charge in [0, 0.05) is 25.9 Å². The number of carbonyl (C=O) groups is 2. The number of likely N-dealkylation sites (N-methyl/N-ethyl adjacent to an activating group) is 1. The molecule has 1 saturated heterocycles. The summed E-state index contributed by atoms with van der Waals surface area (Å²) >= 11 is 6.08. The lowest BCUT2D eigenvalue weighted by atomic mass is 10.2. The second-order valence-corrected chi connectivity index (χ2v) is 9.56. The summed E-state index contributed by atoms with van der Waals surface area (Å²) in [5.41, 5.74) is 0.617. The number of nitrogens with zero attached hydrogens (tertiary/aromatic N) is 1. The van der Waals surface area contributed by atoms with Crippen molar-refractivity contribution < 1.29 is 27.5 Å². The second-order valence-electron chi connectivity index (χ2n) is 7.41. The quantitative estimate of drug-likeness (QED) is 0.583. The summed E-state index contributed by atoms with van der Waals surface area (Å²) in [6, 6.07) is 12.7. The van der Waals surface area contributed by atoms with Crippen LogP contribution in [0.5, 0.6) is 0 Å². The summed E-state index contributed by atoms with van der Waals surface area (Å²) in [6.07, 6.45) is 0.378. The molecule has 2 aromatic carbocycles. The normalized spacial score (nSPS) is 17.0. The number of amides is 1. The van der Waals surface area contributed by atoms with Crippen LogP contribution in [-0.2, 0) is 24.3 Å². The van der Waals surface area contributed by atoms with Crippen LogP contribution < -0.4 is 9.62 Å². The molecule has 0 radical (unpaired) electrons. The van der Waals surface area contributed by atoms with Gasteiger partial charge in [-0.05, 0) is 50.1 Å². The van der Waals surface area contributed by atoms with Crippen molar-refractivity contribution in [1.82, 2.24) is 4.72 Å². The summed E-state index contributed by atoms with van der Waals surface area (Å²) in [5, 5.41) is -0.0330. The van der Waals surface area contributed by atoms with Gasteiger partial charge in [-0.2, -0.15) is 0 Å². The summed E-state index contributed by atoms with van der Waals surface area (Å²) in [7, 11) is -2.40. The van der Waals surface area contributed by atoms with Crippen LogP contribution in [0.2, 0.25) is 5.02 Å². The first kappa shape index (κ1) is 24.2. The molecule has 1 aliphatic rings. The number of esters is 1. The minimum atomic E-state index is -3.97. The fourth-order valence-corrected chi connectivity index (χ4v) is 4.84. The molecular weight excluding hydrogens is 456 g/mol. The lowest BCUT2D eigenvalue weighted by molar-refractivity contribution is -0.126. The van der Waals surface area contributed by atoms with E-state index in [2.05, 4.69) is 4.72 Å². The molecular formula is C22H25ClN2O6S. The molecule has 2 atom stereocenters. The van der Waals surface area contributed by atoms with Gasteiger partial charge in [-0.1, -0.05) is 29.8 Å². The monoisotopic (exact) mass is 480 g/mol. The molecule has 8 nitrogen and oxygen atoms in total. The van der Waals surface area contributed by atoms with Gasteiger partial charge in [0.15, 0.2) is 6.10 Å². The van der Waals surface area contributed by atoms with Crippen LogP contribution >= 0.6 is 11.6 Å². The zero-order valence-electron chi connectivity index (χ0n) is 17.8. The van der Waals surface area contributed by atoms with Crippen molar-refractivity contribution in [2.45, 2.75) is 36.9 Å². The van der Waals surface area contributed by atoms with E-state index in [9.17, 15) is 18.0 Å². The van der Waals surface area contributed by atoms with Crippen LogP contribution in [0.15, 0.2) is 53.4 Å². The average Bonchev–Trinajstić information content (AvgIpc) is 3.31. The van der Waals surface area contributed by atoms with Crippen molar-refractivity contribution in [3.05, 3.63) is 59.1 Å². The van der Waals surface area contributed by atoms with Crippen LogP contribution in [0.4, 0.5) is 5.69 Å². The van der Waals surface area contributed by atoms with Crippen LogP contribution in [0.1, 0.15) is 30.1 Å². The molecule has 0 spiro atoms. The summed E-state index contributed by atoms with van der Waals surface area (Å²) < 4.78 is 38.6. The number of halogens is 1. The maximum atomic E-state index is 12.7. The van der Waals surface area contributed by atoms with Gasteiger partial charge in [0.05, 0.1) is 16.7 Å². The number of ether oxygens (including phenoxy) is 2. The lowest BCUT2D eigenvalue weighted by Crippen LogP contribution is -2.37. The van der Waals surface area contributed by atoms with E-state index in [-0.39, 0.29) is 28.1 Å². The molecule has 10 heteroatoms. The number of nitrogens with one attached hydrogen (secondary N) is 1.